The minimum Gasteiger partial charge on any atom is -0.464 e. The van der Waals surface area contributed by atoms with Crippen LogP contribution < -0.4 is 11.3 Å². The van der Waals surface area contributed by atoms with Gasteiger partial charge < -0.3 is 9.15 Å². The number of nitrogens with one attached hydrogen (secondary N) is 1. The summed E-state index contributed by atoms with van der Waals surface area (Å²) in [6.45, 7) is 3.28. The minimum atomic E-state index is -0.260. The number of halogens is 1. The highest BCUT2D eigenvalue weighted by Crippen LogP contribution is 2.29. The lowest BCUT2D eigenvalue weighted by Crippen LogP contribution is -2.31. The number of aromatic nitrogens is 2. The van der Waals surface area contributed by atoms with E-state index in [1.165, 1.54) is 0 Å². The van der Waals surface area contributed by atoms with Crippen molar-refractivity contribution in [3.8, 4) is 0 Å². The summed E-state index contributed by atoms with van der Waals surface area (Å²) in [5.74, 6) is 7.41. The molecular weight excluding hydrogens is 324 g/mol. The van der Waals surface area contributed by atoms with E-state index >= 15 is 0 Å². The van der Waals surface area contributed by atoms with Gasteiger partial charge in [0.2, 0.25) is 0 Å². The van der Waals surface area contributed by atoms with Crippen LogP contribution in [-0.2, 0) is 17.7 Å². The Bertz CT molecular complexity index is 552. The first-order chi connectivity index (χ1) is 9.71. The van der Waals surface area contributed by atoms with Crippen molar-refractivity contribution in [2.45, 2.75) is 25.9 Å². The molecule has 0 aliphatic heterocycles. The number of nitrogens with two attached hydrogens (primary N) is 1. The zero-order chi connectivity index (χ0) is 14.5. The van der Waals surface area contributed by atoms with Crippen LogP contribution in [0.1, 0.15) is 30.2 Å². The molecule has 0 saturated heterocycles. The first-order valence-electron chi connectivity index (χ1n) is 6.46. The molecule has 0 saturated carbocycles. The minimum absolute atomic E-state index is 0.260. The summed E-state index contributed by atoms with van der Waals surface area (Å²) in [6, 6.07) is 3.64. The maximum Gasteiger partial charge on any atom is 0.128 e. The van der Waals surface area contributed by atoms with Crippen molar-refractivity contribution in [1.29, 1.82) is 0 Å². The van der Waals surface area contributed by atoms with Crippen LogP contribution in [0.15, 0.2) is 27.2 Å². The van der Waals surface area contributed by atoms with Crippen LogP contribution >= 0.6 is 15.9 Å². The van der Waals surface area contributed by atoms with Gasteiger partial charge in [-0.1, -0.05) is 6.92 Å². The van der Waals surface area contributed by atoms with Crippen LogP contribution in [0.2, 0.25) is 0 Å². The summed E-state index contributed by atoms with van der Waals surface area (Å²) >= 11 is 3.51. The predicted octanol–water partition coefficient (Wildman–Crippen LogP) is 2.00. The van der Waals surface area contributed by atoms with E-state index in [-0.39, 0.29) is 6.04 Å². The van der Waals surface area contributed by atoms with E-state index in [1.807, 2.05) is 23.7 Å². The first-order valence-corrected chi connectivity index (χ1v) is 7.25. The normalized spacial score (nSPS) is 12.8. The molecule has 2 rings (SSSR count). The average Bonchev–Trinajstić information content (AvgIpc) is 3.06. The van der Waals surface area contributed by atoms with Crippen LogP contribution in [0.4, 0.5) is 0 Å². The molecule has 0 spiro atoms. The van der Waals surface area contributed by atoms with Gasteiger partial charge in [-0.25, -0.2) is 5.43 Å². The molecule has 0 fully saturated rings. The molecule has 0 aliphatic carbocycles. The van der Waals surface area contributed by atoms with E-state index in [1.54, 1.807) is 13.3 Å². The third kappa shape index (κ3) is 3.12. The average molecular weight is 343 g/mol. The van der Waals surface area contributed by atoms with Crippen LogP contribution in [0.3, 0.4) is 0 Å². The standard InChI is InChI=1S/C13H19BrN4O2/c1-3-9-4-5-11(20-9)12(17-15)13-10(14)8-16-18(13)6-7-19-2/h4-5,8,12,17H,3,6-7,15H2,1-2H3. The predicted molar refractivity (Wildman–Crippen MR) is 79.1 cm³/mol. The molecule has 3 N–H and O–H groups in total. The van der Waals surface area contributed by atoms with Gasteiger partial charge in [0.15, 0.2) is 0 Å². The molecule has 6 nitrogen and oxygen atoms in total. The Hall–Kier alpha value is -1.15. The molecule has 0 radical (unpaired) electrons. The van der Waals surface area contributed by atoms with Crippen molar-refractivity contribution >= 4 is 15.9 Å². The summed E-state index contributed by atoms with van der Waals surface area (Å²) in [5, 5.41) is 4.33. The van der Waals surface area contributed by atoms with E-state index in [0.29, 0.717) is 13.2 Å². The number of ether oxygens (including phenoxy) is 1. The lowest BCUT2D eigenvalue weighted by Gasteiger charge is -2.16. The van der Waals surface area contributed by atoms with Gasteiger partial charge in [-0.2, -0.15) is 5.10 Å². The monoisotopic (exact) mass is 342 g/mol. The van der Waals surface area contributed by atoms with Gasteiger partial charge in [0.05, 0.1) is 29.5 Å². The maximum atomic E-state index is 5.79. The van der Waals surface area contributed by atoms with E-state index in [4.69, 9.17) is 15.0 Å². The van der Waals surface area contributed by atoms with Crippen molar-refractivity contribution < 1.29 is 9.15 Å². The Morgan fingerprint density at radius 3 is 2.95 bits per heavy atom. The summed E-state index contributed by atoms with van der Waals surface area (Å²) in [6.07, 6.45) is 2.60. The molecule has 1 atom stereocenters. The Balaban J connectivity index is 2.33. The Labute approximate surface area is 126 Å². The smallest absolute Gasteiger partial charge is 0.128 e. The highest BCUT2D eigenvalue weighted by molar-refractivity contribution is 9.10. The first kappa shape index (κ1) is 15.2. The molecule has 2 heterocycles. The van der Waals surface area contributed by atoms with Gasteiger partial charge >= 0.3 is 0 Å². The van der Waals surface area contributed by atoms with E-state index in [2.05, 4.69) is 26.5 Å². The van der Waals surface area contributed by atoms with Crippen molar-refractivity contribution in [2.24, 2.45) is 5.84 Å². The molecule has 110 valence electrons. The number of hydrogen-bond donors (Lipinski definition) is 2. The zero-order valence-electron chi connectivity index (χ0n) is 11.6. The molecule has 0 bridgehead atoms. The third-order valence-electron chi connectivity index (χ3n) is 3.10. The number of nitrogens with zero attached hydrogens (tertiary/aromatic N) is 2. The van der Waals surface area contributed by atoms with E-state index < -0.39 is 0 Å². The van der Waals surface area contributed by atoms with E-state index in [0.717, 1.165) is 28.1 Å². The number of furan rings is 1. The molecule has 2 aromatic heterocycles. The summed E-state index contributed by atoms with van der Waals surface area (Å²) in [5.41, 5.74) is 3.71. The Kier molecular flexibility index (Phi) is 5.36. The van der Waals surface area contributed by atoms with Crippen molar-refractivity contribution in [1.82, 2.24) is 15.2 Å². The zero-order valence-corrected chi connectivity index (χ0v) is 13.2. The van der Waals surface area contributed by atoms with Gasteiger partial charge in [0.25, 0.3) is 0 Å². The lowest BCUT2D eigenvalue weighted by molar-refractivity contribution is 0.181. The number of hydrogen-bond acceptors (Lipinski definition) is 5. The number of aryl methyl sites for hydroxylation is 1. The Morgan fingerprint density at radius 1 is 1.55 bits per heavy atom. The number of rotatable bonds is 7. The van der Waals surface area contributed by atoms with Gasteiger partial charge in [-0.15, -0.1) is 0 Å². The number of methoxy groups -OCH3 is 1. The fourth-order valence-electron chi connectivity index (χ4n) is 2.05. The summed E-state index contributed by atoms with van der Waals surface area (Å²) in [4.78, 5) is 0. The SMILES string of the molecule is CCc1ccc(C(NN)c2c(Br)cnn2CCOC)o1. The van der Waals surface area contributed by atoms with Crippen LogP contribution in [-0.4, -0.2) is 23.5 Å². The Morgan fingerprint density at radius 2 is 2.35 bits per heavy atom. The van der Waals surface area contributed by atoms with Gasteiger partial charge in [0.1, 0.15) is 17.6 Å². The highest BCUT2D eigenvalue weighted by atomic mass is 79.9. The second-order valence-electron chi connectivity index (χ2n) is 4.35. The largest absolute Gasteiger partial charge is 0.464 e. The van der Waals surface area contributed by atoms with Gasteiger partial charge in [-0.05, 0) is 28.1 Å². The molecule has 2 aromatic rings. The van der Waals surface area contributed by atoms with Crippen molar-refractivity contribution in [3.05, 3.63) is 40.0 Å². The number of hydrazine groups is 1. The second kappa shape index (κ2) is 7.03. The third-order valence-corrected chi connectivity index (χ3v) is 3.71. The summed E-state index contributed by atoms with van der Waals surface area (Å²) in [7, 11) is 1.66. The van der Waals surface area contributed by atoms with Crippen LogP contribution in [0, 0.1) is 0 Å². The summed E-state index contributed by atoms with van der Waals surface area (Å²) < 4.78 is 13.6. The van der Waals surface area contributed by atoms with Crippen molar-refractivity contribution in [3.63, 3.8) is 0 Å². The fourth-order valence-corrected chi connectivity index (χ4v) is 2.58. The maximum absolute atomic E-state index is 5.79. The lowest BCUT2D eigenvalue weighted by atomic mass is 10.1. The van der Waals surface area contributed by atoms with Gasteiger partial charge in [0, 0.05) is 13.5 Å². The second-order valence-corrected chi connectivity index (χ2v) is 5.21. The van der Waals surface area contributed by atoms with Crippen LogP contribution in [0.25, 0.3) is 0 Å². The molecule has 1 unspecified atom stereocenters. The fraction of sp³-hybridized carbons (Fsp3) is 0.462. The molecular formula is C13H19BrN4O2. The van der Waals surface area contributed by atoms with Crippen LogP contribution in [0.5, 0.6) is 0 Å². The van der Waals surface area contributed by atoms with Crippen molar-refractivity contribution in [2.75, 3.05) is 13.7 Å². The molecule has 20 heavy (non-hydrogen) atoms. The topological polar surface area (TPSA) is 78.2 Å². The molecule has 0 aliphatic rings. The highest BCUT2D eigenvalue weighted by Gasteiger charge is 2.23. The quantitative estimate of drug-likeness (QED) is 0.594. The molecule has 7 heteroatoms. The molecule has 0 aromatic carbocycles. The molecule has 0 amide bonds. The van der Waals surface area contributed by atoms with E-state index in [9.17, 15) is 0 Å². The van der Waals surface area contributed by atoms with Gasteiger partial charge in [-0.3, -0.25) is 10.5 Å².